The molecular formula is C17H15BrN2O. The minimum Gasteiger partial charge on any atom is -0.439 e. The molecule has 106 valence electrons. The number of nitrogens with zero attached hydrogens (tertiary/aromatic N) is 1. The number of fused-ring (bicyclic) bond motifs is 1. The van der Waals surface area contributed by atoms with Gasteiger partial charge < -0.3 is 10.5 Å². The summed E-state index contributed by atoms with van der Waals surface area (Å²) in [6, 6.07) is 15.9. The number of hydrogen-bond donors (Lipinski definition) is 1. The summed E-state index contributed by atoms with van der Waals surface area (Å²) in [6.45, 7) is 1.94. The molecule has 0 fully saturated rings. The summed E-state index contributed by atoms with van der Waals surface area (Å²) in [7, 11) is 0. The lowest BCUT2D eigenvalue weighted by molar-refractivity contribution is 0.462. The zero-order chi connectivity index (χ0) is 14.8. The summed E-state index contributed by atoms with van der Waals surface area (Å²) in [5.74, 6) is 1.32. The number of rotatable bonds is 3. The van der Waals surface area contributed by atoms with Crippen molar-refractivity contribution < 1.29 is 4.74 Å². The van der Waals surface area contributed by atoms with E-state index in [4.69, 9.17) is 10.5 Å². The van der Waals surface area contributed by atoms with E-state index in [0.29, 0.717) is 5.88 Å². The fraction of sp³-hybridized carbons (Fsp3) is 0.118. The van der Waals surface area contributed by atoms with E-state index in [-0.39, 0.29) is 6.04 Å². The van der Waals surface area contributed by atoms with Crippen LogP contribution in [0, 0.1) is 0 Å². The zero-order valence-electron chi connectivity index (χ0n) is 11.6. The molecule has 0 saturated carbocycles. The number of hydrogen-bond acceptors (Lipinski definition) is 3. The molecule has 0 radical (unpaired) electrons. The molecule has 1 heterocycles. The highest BCUT2D eigenvalue weighted by atomic mass is 79.9. The summed E-state index contributed by atoms with van der Waals surface area (Å²) >= 11 is 3.47. The van der Waals surface area contributed by atoms with Gasteiger partial charge in [0, 0.05) is 22.8 Å². The van der Waals surface area contributed by atoms with E-state index in [1.165, 1.54) is 0 Å². The van der Waals surface area contributed by atoms with Gasteiger partial charge in [-0.1, -0.05) is 28.1 Å². The molecule has 3 aromatic rings. The van der Waals surface area contributed by atoms with Crippen LogP contribution in [0.4, 0.5) is 0 Å². The van der Waals surface area contributed by atoms with Crippen molar-refractivity contribution in [3.8, 4) is 11.6 Å². The van der Waals surface area contributed by atoms with Gasteiger partial charge in [-0.3, -0.25) is 0 Å². The lowest BCUT2D eigenvalue weighted by Crippen LogP contribution is -2.05. The minimum atomic E-state index is -0.0377. The summed E-state index contributed by atoms with van der Waals surface area (Å²) in [5, 5.41) is 2.29. The van der Waals surface area contributed by atoms with E-state index in [1.807, 2.05) is 43.3 Å². The van der Waals surface area contributed by atoms with Crippen LogP contribution in [-0.4, -0.2) is 4.98 Å². The molecule has 0 aliphatic heterocycles. The Balaban J connectivity index is 1.91. The molecule has 0 unspecified atom stereocenters. The van der Waals surface area contributed by atoms with Gasteiger partial charge in [-0.05, 0) is 53.6 Å². The Morgan fingerprint density at radius 2 is 1.81 bits per heavy atom. The maximum Gasteiger partial charge on any atom is 0.219 e. The molecule has 21 heavy (non-hydrogen) atoms. The van der Waals surface area contributed by atoms with Crippen molar-refractivity contribution in [2.45, 2.75) is 13.0 Å². The Morgan fingerprint density at radius 3 is 2.62 bits per heavy atom. The van der Waals surface area contributed by atoms with Gasteiger partial charge in [0.1, 0.15) is 5.75 Å². The molecule has 2 N–H and O–H groups in total. The molecular weight excluding hydrogens is 328 g/mol. The highest BCUT2D eigenvalue weighted by Gasteiger charge is 2.04. The van der Waals surface area contributed by atoms with E-state index < -0.39 is 0 Å². The van der Waals surface area contributed by atoms with Gasteiger partial charge in [0.05, 0.1) is 0 Å². The summed E-state index contributed by atoms with van der Waals surface area (Å²) in [4.78, 5) is 4.23. The first-order chi connectivity index (χ1) is 10.1. The SMILES string of the molecule is C[C@@H](N)c1ccnc(Oc2ccc3cc(Br)ccc3c2)c1. The zero-order valence-corrected chi connectivity index (χ0v) is 13.2. The number of benzene rings is 2. The molecule has 3 rings (SSSR count). The smallest absolute Gasteiger partial charge is 0.219 e. The first kappa shape index (κ1) is 14.0. The van der Waals surface area contributed by atoms with Gasteiger partial charge in [0.25, 0.3) is 0 Å². The van der Waals surface area contributed by atoms with Crippen LogP contribution in [0.3, 0.4) is 0 Å². The Bertz CT molecular complexity index is 787. The van der Waals surface area contributed by atoms with Gasteiger partial charge in [-0.15, -0.1) is 0 Å². The normalized spacial score (nSPS) is 12.3. The van der Waals surface area contributed by atoms with E-state index in [0.717, 1.165) is 26.6 Å². The highest BCUT2D eigenvalue weighted by molar-refractivity contribution is 9.10. The molecule has 3 nitrogen and oxygen atoms in total. The number of ether oxygens (including phenoxy) is 1. The molecule has 0 aliphatic rings. The molecule has 0 amide bonds. The number of pyridine rings is 1. The second-order valence-corrected chi connectivity index (χ2v) is 5.89. The number of nitrogens with two attached hydrogens (primary N) is 1. The maximum atomic E-state index is 5.88. The van der Waals surface area contributed by atoms with E-state index >= 15 is 0 Å². The minimum absolute atomic E-state index is 0.0377. The van der Waals surface area contributed by atoms with Crippen molar-refractivity contribution in [3.05, 3.63) is 64.8 Å². The Morgan fingerprint density at radius 1 is 1.05 bits per heavy atom. The van der Waals surface area contributed by atoms with E-state index in [9.17, 15) is 0 Å². The van der Waals surface area contributed by atoms with Crippen molar-refractivity contribution in [2.24, 2.45) is 5.73 Å². The molecule has 1 atom stereocenters. The molecule has 2 aromatic carbocycles. The third-order valence-corrected chi connectivity index (χ3v) is 3.77. The molecule has 0 aliphatic carbocycles. The van der Waals surface area contributed by atoms with Crippen LogP contribution in [-0.2, 0) is 0 Å². The first-order valence-electron chi connectivity index (χ1n) is 6.70. The molecule has 1 aromatic heterocycles. The number of aromatic nitrogens is 1. The average molecular weight is 343 g/mol. The predicted molar refractivity (Wildman–Crippen MR) is 88.6 cm³/mol. The van der Waals surface area contributed by atoms with Crippen molar-refractivity contribution in [2.75, 3.05) is 0 Å². The lowest BCUT2D eigenvalue weighted by atomic mass is 10.1. The third kappa shape index (κ3) is 3.23. The highest BCUT2D eigenvalue weighted by Crippen LogP contribution is 2.27. The molecule has 4 heteroatoms. The lowest BCUT2D eigenvalue weighted by Gasteiger charge is -2.09. The standard InChI is InChI=1S/C17H15BrN2O/c1-11(19)12-6-7-20-17(10-12)21-16-5-3-13-8-15(18)4-2-14(13)9-16/h2-11H,19H2,1H3/t11-/m1/s1. The summed E-state index contributed by atoms with van der Waals surface area (Å²) in [5.41, 5.74) is 6.88. The van der Waals surface area contributed by atoms with Crippen LogP contribution in [0.1, 0.15) is 18.5 Å². The van der Waals surface area contributed by atoms with Gasteiger partial charge in [0.15, 0.2) is 0 Å². The van der Waals surface area contributed by atoms with Crippen molar-refractivity contribution in [1.82, 2.24) is 4.98 Å². The maximum absolute atomic E-state index is 5.88. The van der Waals surface area contributed by atoms with Crippen molar-refractivity contribution in [3.63, 3.8) is 0 Å². The summed E-state index contributed by atoms with van der Waals surface area (Å²) < 4.78 is 6.89. The topological polar surface area (TPSA) is 48.1 Å². The quantitative estimate of drug-likeness (QED) is 0.742. The Kier molecular flexibility index (Phi) is 3.90. The molecule has 0 spiro atoms. The molecule has 0 saturated heterocycles. The van der Waals surface area contributed by atoms with Gasteiger partial charge in [0.2, 0.25) is 5.88 Å². The van der Waals surface area contributed by atoms with Crippen molar-refractivity contribution in [1.29, 1.82) is 0 Å². The fourth-order valence-electron chi connectivity index (χ4n) is 2.14. The first-order valence-corrected chi connectivity index (χ1v) is 7.50. The Labute approximate surface area is 131 Å². The van der Waals surface area contributed by atoms with Gasteiger partial charge in [-0.2, -0.15) is 0 Å². The monoisotopic (exact) mass is 342 g/mol. The largest absolute Gasteiger partial charge is 0.439 e. The van der Waals surface area contributed by atoms with Crippen LogP contribution in [0.2, 0.25) is 0 Å². The van der Waals surface area contributed by atoms with Crippen LogP contribution in [0.15, 0.2) is 59.2 Å². The Hall–Kier alpha value is -1.91. The van der Waals surface area contributed by atoms with Crippen LogP contribution in [0.25, 0.3) is 10.8 Å². The predicted octanol–water partition coefficient (Wildman–Crippen LogP) is 4.81. The van der Waals surface area contributed by atoms with Crippen LogP contribution in [0.5, 0.6) is 11.6 Å². The van der Waals surface area contributed by atoms with Gasteiger partial charge in [-0.25, -0.2) is 4.98 Å². The fourth-order valence-corrected chi connectivity index (χ4v) is 2.52. The second kappa shape index (κ2) is 5.84. The van der Waals surface area contributed by atoms with Crippen molar-refractivity contribution >= 4 is 26.7 Å². The second-order valence-electron chi connectivity index (χ2n) is 4.97. The van der Waals surface area contributed by atoms with Crippen LogP contribution >= 0.6 is 15.9 Å². The average Bonchev–Trinajstić information content (AvgIpc) is 2.48. The van der Waals surface area contributed by atoms with E-state index in [1.54, 1.807) is 6.20 Å². The van der Waals surface area contributed by atoms with Crippen LogP contribution < -0.4 is 10.5 Å². The van der Waals surface area contributed by atoms with Gasteiger partial charge >= 0.3 is 0 Å². The van der Waals surface area contributed by atoms with E-state index in [2.05, 4.69) is 33.0 Å². The summed E-state index contributed by atoms with van der Waals surface area (Å²) in [6.07, 6.45) is 1.71. The third-order valence-electron chi connectivity index (χ3n) is 3.28. The number of halogens is 1. The molecule has 0 bridgehead atoms.